The molecule has 0 aromatic heterocycles. The Kier molecular flexibility index (Phi) is 5.32. The van der Waals surface area contributed by atoms with Crippen molar-refractivity contribution in [3.63, 3.8) is 0 Å². The van der Waals surface area contributed by atoms with Crippen LogP contribution in [0.5, 0.6) is 0 Å². The number of rotatable bonds is 5. The molecule has 0 saturated carbocycles. The van der Waals surface area contributed by atoms with Gasteiger partial charge in [0.15, 0.2) is 0 Å². The van der Waals surface area contributed by atoms with Gasteiger partial charge in [-0.15, -0.1) is 0 Å². The number of anilines is 1. The summed E-state index contributed by atoms with van der Waals surface area (Å²) in [5, 5.41) is 3.20. The SMILES string of the molecule is CCc1ccc(NC(=S)OCCN2C(=O)c3ccc(C)cc3C2=O)cc1. The summed E-state index contributed by atoms with van der Waals surface area (Å²) in [4.78, 5) is 25.9. The van der Waals surface area contributed by atoms with Crippen LogP contribution in [0.15, 0.2) is 42.5 Å². The molecule has 0 radical (unpaired) electrons. The molecule has 0 fully saturated rings. The van der Waals surface area contributed by atoms with Crippen molar-refractivity contribution in [3.8, 4) is 0 Å². The second-order valence-corrected chi connectivity index (χ2v) is 6.49. The maximum atomic E-state index is 12.4. The lowest BCUT2D eigenvalue weighted by molar-refractivity contribution is 0.0629. The lowest BCUT2D eigenvalue weighted by atomic mass is 10.1. The average molecular weight is 368 g/mol. The fraction of sp³-hybridized carbons (Fsp3) is 0.250. The summed E-state index contributed by atoms with van der Waals surface area (Å²) in [6.45, 7) is 4.28. The van der Waals surface area contributed by atoms with Gasteiger partial charge in [-0.1, -0.05) is 30.7 Å². The van der Waals surface area contributed by atoms with Crippen LogP contribution in [-0.2, 0) is 11.2 Å². The second-order valence-electron chi connectivity index (χ2n) is 6.12. The number of nitrogens with zero attached hydrogens (tertiary/aromatic N) is 1. The molecule has 1 aliphatic rings. The fourth-order valence-corrected chi connectivity index (χ4v) is 3.02. The fourth-order valence-electron chi connectivity index (χ4n) is 2.81. The van der Waals surface area contributed by atoms with E-state index in [0.717, 1.165) is 17.7 Å². The molecular formula is C20H20N2O3S. The minimum absolute atomic E-state index is 0.142. The molecule has 0 atom stereocenters. The quantitative estimate of drug-likeness (QED) is 0.646. The Morgan fingerprint density at radius 3 is 2.46 bits per heavy atom. The molecule has 1 aliphatic heterocycles. The number of thiocarbonyl (C=S) groups is 1. The van der Waals surface area contributed by atoms with Crippen LogP contribution >= 0.6 is 12.2 Å². The highest BCUT2D eigenvalue weighted by Crippen LogP contribution is 2.23. The van der Waals surface area contributed by atoms with Gasteiger partial charge >= 0.3 is 0 Å². The van der Waals surface area contributed by atoms with Gasteiger partial charge in [-0.05, 0) is 55.4 Å². The highest BCUT2D eigenvalue weighted by molar-refractivity contribution is 7.80. The predicted molar refractivity (Wildman–Crippen MR) is 105 cm³/mol. The number of ether oxygens (including phenoxy) is 1. The van der Waals surface area contributed by atoms with Crippen LogP contribution in [0, 0.1) is 6.92 Å². The van der Waals surface area contributed by atoms with E-state index in [9.17, 15) is 9.59 Å². The lowest BCUT2D eigenvalue weighted by Gasteiger charge is -2.15. The number of aryl methyl sites for hydroxylation is 2. The van der Waals surface area contributed by atoms with Crippen molar-refractivity contribution in [1.29, 1.82) is 0 Å². The van der Waals surface area contributed by atoms with Gasteiger partial charge < -0.3 is 10.1 Å². The molecule has 6 heteroatoms. The second kappa shape index (κ2) is 7.66. The topological polar surface area (TPSA) is 58.6 Å². The van der Waals surface area contributed by atoms with Gasteiger partial charge in [0.25, 0.3) is 17.0 Å². The third-order valence-corrected chi connectivity index (χ3v) is 4.50. The van der Waals surface area contributed by atoms with Gasteiger partial charge in [0, 0.05) is 5.69 Å². The van der Waals surface area contributed by atoms with Crippen molar-refractivity contribution in [3.05, 3.63) is 64.7 Å². The largest absolute Gasteiger partial charge is 0.469 e. The summed E-state index contributed by atoms with van der Waals surface area (Å²) in [6.07, 6.45) is 0.973. The molecule has 2 aromatic rings. The Labute approximate surface area is 158 Å². The zero-order valence-electron chi connectivity index (χ0n) is 14.7. The molecule has 0 unspecified atom stereocenters. The van der Waals surface area contributed by atoms with Crippen LogP contribution < -0.4 is 5.32 Å². The van der Waals surface area contributed by atoms with Crippen LogP contribution in [0.25, 0.3) is 0 Å². The summed E-state index contributed by atoms with van der Waals surface area (Å²) in [5.41, 5.74) is 3.91. The number of hydrogen-bond acceptors (Lipinski definition) is 4. The van der Waals surface area contributed by atoms with Crippen LogP contribution in [0.3, 0.4) is 0 Å². The Bertz CT molecular complexity index is 862. The molecule has 1 N–H and O–H groups in total. The summed E-state index contributed by atoms with van der Waals surface area (Å²) in [5.74, 6) is -0.575. The minimum Gasteiger partial charge on any atom is -0.469 e. The molecule has 3 rings (SSSR count). The van der Waals surface area contributed by atoms with E-state index in [0.29, 0.717) is 11.1 Å². The van der Waals surface area contributed by atoms with Crippen molar-refractivity contribution in [2.24, 2.45) is 0 Å². The molecule has 134 valence electrons. The summed E-state index contributed by atoms with van der Waals surface area (Å²) in [6, 6.07) is 13.2. The number of hydrogen-bond donors (Lipinski definition) is 1. The molecular weight excluding hydrogens is 348 g/mol. The summed E-state index contributed by atoms with van der Waals surface area (Å²) in [7, 11) is 0. The van der Waals surface area contributed by atoms with Gasteiger partial charge in [-0.3, -0.25) is 14.5 Å². The third-order valence-electron chi connectivity index (χ3n) is 4.28. The molecule has 2 aromatic carbocycles. The smallest absolute Gasteiger partial charge is 0.261 e. The maximum Gasteiger partial charge on any atom is 0.261 e. The number of imide groups is 1. The van der Waals surface area contributed by atoms with Crippen molar-refractivity contribution in [2.75, 3.05) is 18.5 Å². The molecule has 0 spiro atoms. The summed E-state index contributed by atoms with van der Waals surface area (Å²) < 4.78 is 5.46. The van der Waals surface area contributed by atoms with E-state index in [1.165, 1.54) is 10.5 Å². The van der Waals surface area contributed by atoms with E-state index in [4.69, 9.17) is 17.0 Å². The van der Waals surface area contributed by atoms with E-state index in [2.05, 4.69) is 12.2 Å². The van der Waals surface area contributed by atoms with Gasteiger partial charge in [0.1, 0.15) is 6.61 Å². The highest BCUT2D eigenvalue weighted by atomic mass is 32.1. The van der Waals surface area contributed by atoms with Crippen molar-refractivity contribution < 1.29 is 14.3 Å². The average Bonchev–Trinajstić information content (AvgIpc) is 2.86. The lowest BCUT2D eigenvalue weighted by Crippen LogP contribution is -2.33. The molecule has 0 aliphatic carbocycles. The normalized spacial score (nSPS) is 12.9. The van der Waals surface area contributed by atoms with Crippen LogP contribution in [0.1, 0.15) is 38.8 Å². The molecule has 1 heterocycles. The van der Waals surface area contributed by atoms with Crippen molar-refractivity contribution in [2.45, 2.75) is 20.3 Å². The monoisotopic (exact) mass is 368 g/mol. The van der Waals surface area contributed by atoms with E-state index >= 15 is 0 Å². The van der Waals surface area contributed by atoms with Crippen LogP contribution in [0.4, 0.5) is 5.69 Å². The minimum atomic E-state index is -0.289. The molecule has 0 saturated heterocycles. The number of nitrogens with one attached hydrogen (secondary N) is 1. The molecule has 26 heavy (non-hydrogen) atoms. The first-order valence-electron chi connectivity index (χ1n) is 8.49. The van der Waals surface area contributed by atoms with E-state index in [-0.39, 0.29) is 30.1 Å². The highest BCUT2D eigenvalue weighted by Gasteiger charge is 2.35. The van der Waals surface area contributed by atoms with Gasteiger partial charge in [-0.2, -0.15) is 0 Å². The Morgan fingerprint density at radius 2 is 1.77 bits per heavy atom. The summed E-state index contributed by atoms with van der Waals surface area (Å²) >= 11 is 5.16. The zero-order valence-corrected chi connectivity index (χ0v) is 15.6. The van der Waals surface area contributed by atoms with E-state index in [1.54, 1.807) is 12.1 Å². The zero-order chi connectivity index (χ0) is 18.7. The number of benzene rings is 2. The van der Waals surface area contributed by atoms with Gasteiger partial charge in [0.2, 0.25) is 0 Å². The van der Waals surface area contributed by atoms with Gasteiger partial charge in [0.05, 0.1) is 17.7 Å². The van der Waals surface area contributed by atoms with Crippen LogP contribution in [0.2, 0.25) is 0 Å². The van der Waals surface area contributed by atoms with Crippen LogP contribution in [-0.4, -0.2) is 35.0 Å². The molecule has 2 amide bonds. The first kappa shape index (κ1) is 18.1. The number of fused-ring (bicyclic) bond motifs is 1. The van der Waals surface area contributed by atoms with Crippen molar-refractivity contribution in [1.82, 2.24) is 4.90 Å². The molecule has 5 nitrogen and oxygen atoms in total. The predicted octanol–water partition coefficient (Wildman–Crippen LogP) is 3.57. The Morgan fingerprint density at radius 1 is 1.08 bits per heavy atom. The number of carbonyl (C=O) groups is 2. The number of amides is 2. The Hall–Kier alpha value is -2.73. The Balaban J connectivity index is 1.52. The van der Waals surface area contributed by atoms with E-state index < -0.39 is 0 Å². The van der Waals surface area contributed by atoms with Crippen molar-refractivity contribution >= 4 is 34.9 Å². The first-order valence-corrected chi connectivity index (χ1v) is 8.90. The number of carbonyl (C=O) groups excluding carboxylic acids is 2. The first-order chi connectivity index (χ1) is 12.5. The standard InChI is InChI=1S/C20H20N2O3S/c1-3-14-5-7-15(8-6-14)21-20(26)25-11-10-22-18(23)16-9-4-13(2)12-17(16)19(22)24/h4-9,12H,3,10-11H2,1-2H3,(H,21,26). The third kappa shape index (κ3) is 3.75. The molecule has 0 bridgehead atoms. The van der Waals surface area contributed by atoms with E-state index in [1.807, 2.05) is 37.3 Å². The van der Waals surface area contributed by atoms with Gasteiger partial charge in [-0.25, -0.2) is 0 Å². The maximum absolute atomic E-state index is 12.4.